The highest BCUT2D eigenvalue weighted by atomic mass is 35.5. The number of benzene rings is 1. The van der Waals surface area contributed by atoms with Gasteiger partial charge in [0.05, 0.1) is 19.2 Å². The van der Waals surface area contributed by atoms with Crippen LogP contribution in [0.2, 0.25) is 5.02 Å². The van der Waals surface area contributed by atoms with Gasteiger partial charge in [0.2, 0.25) is 0 Å². The summed E-state index contributed by atoms with van der Waals surface area (Å²) in [6.45, 7) is 2.04. The molecule has 0 amide bonds. The molecule has 0 fully saturated rings. The fourth-order valence-electron chi connectivity index (χ4n) is 1.64. The minimum atomic E-state index is 0.150. The molecule has 1 N–H and O–H groups in total. The van der Waals surface area contributed by atoms with Crippen LogP contribution < -0.4 is 9.47 Å². The lowest BCUT2D eigenvalue weighted by Gasteiger charge is -2.15. The molecular formula is C12H17ClO3. The Morgan fingerprint density at radius 3 is 2.50 bits per heavy atom. The summed E-state index contributed by atoms with van der Waals surface area (Å²) < 4.78 is 10.5. The molecule has 0 saturated heterocycles. The molecule has 16 heavy (non-hydrogen) atoms. The van der Waals surface area contributed by atoms with Crippen LogP contribution >= 0.6 is 11.6 Å². The topological polar surface area (TPSA) is 38.7 Å². The second-order valence-electron chi connectivity index (χ2n) is 3.54. The lowest BCUT2D eigenvalue weighted by Crippen LogP contribution is -1.99. The molecule has 0 unspecified atom stereocenters. The molecule has 0 aliphatic heterocycles. The zero-order chi connectivity index (χ0) is 12.1. The van der Waals surface area contributed by atoms with Crippen molar-refractivity contribution in [1.29, 1.82) is 0 Å². The van der Waals surface area contributed by atoms with E-state index in [1.807, 2.05) is 13.0 Å². The van der Waals surface area contributed by atoms with E-state index in [1.54, 1.807) is 14.2 Å². The highest BCUT2D eigenvalue weighted by Gasteiger charge is 2.14. The van der Waals surface area contributed by atoms with Crippen molar-refractivity contribution in [3.63, 3.8) is 0 Å². The third kappa shape index (κ3) is 2.60. The van der Waals surface area contributed by atoms with Crippen molar-refractivity contribution in [2.45, 2.75) is 19.8 Å². The molecule has 0 aliphatic rings. The van der Waals surface area contributed by atoms with Crippen molar-refractivity contribution in [2.75, 3.05) is 20.8 Å². The summed E-state index contributed by atoms with van der Waals surface area (Å²) in [6.07, 6.45) is 1.40. The predicted molar refractivity (Wildman–Crippen MR) is 64.7 cm³/mol. The summed E-state index contributed by atoms with van der Waals surface area (Å²) in [6, 6.07) is 1.91. The maximum atomic E-state index is 8.84. The third-order valence-corrected chi connectivity index (χ3v) is 2.98. The van der Waals surface area contributed by atoms with Crippen molar-refractivity contribution in [2.24, 2.45) is 0 Å². The standard InChI is InChI=1S/C12H17ClO3/c1-8-10(15-2)7-9(5-4-6-14)12(16-3)11(8)13/h7,14H,4-6H2,1-3H3. The van der Waals surface area contributed by atoms with Gasteiger partial charge in [0.25, 0.3) is 0 Å². The van der Waals surface area contributed by atoms with Crippen LogP contribution in [0.3, 0.4) is 0 Å². The van der Waals surface area contributed by atoms with E-state index in [2.05, 4.69) is 0 Å². The van der Waals surface area contributed by atoms with Gasteiger partial charge >= 0.3 is 0 Å². The lowest BCUT2D eigenvalue weighted by molar-refractivity contribution is 0.287. The quantitative estimate of drug-likeness (QED) is 0.865. The molecule has 0 radical (unpaired) electrons. The van der Waals surface area contributed by atoms with Gasteiger partial charge in [0.15, 0.2) is 0 Å². The minimum absolute atomic E-state index is 0.150. The number of ether oxygens (including phenoxy) is 2. The first-order valence-corrected chi connectivity index (χ1v) is 5.54. The van der Waals surface area contributed by atoms with Gasteiger partial charge < -0.3 is 14.6 Å². The first-order valence-electron chi connectivity index (χ1n) is 5.16. The average molecular weight is 245 g/mol. The molecule has 1 aromatic rings. The van der Waals surface area contributed by atoms with E-state index in [0.717, 1.165) is 23.3 Å². The molecular weight excluding hydrogens is 228 g/mol. The number of hydrogen-bond acceptors (Lipinski definition) is 3. The zero-order valence-electron chi connectivity index (χ0n) is 9.84. The Labute approximate surface area is 101 Å². The molecule has 0 spiro atoms. The normalized spacial score (nSPS) is 10.3. The number of halogens is 1. The third-order valence-electron chi connectivity index (χ3n) is 2.52. The number of aliphatic hydroxyl groups is 1. The summed E-state index contributed by atoms with van der Waals surface area (Å²) in [7, 11) is 3.20. The Bertz CT molecular complexity index is 364. The van der Waals surface area contributed by atoms with E-state index in [4.69, 9.17) is 26.2 Å². The van der Waals surface area contributed by atoms with Crippen molar-refractivity contribution < 1.29 is 14.6 Å². The van der Waals surface area contributed by atoms with E-state index in [9.17, 15) is 0 Å². The fourth-order valence-corrected chi connectivity index (χ4v) is 1.93. The van der Waals surface area contributed by atoms with E-state index in [0.29, 0.717) is 17.2 Å². The van der Waals surface area contributed by atoms with Crippen LogP contribution in [0.1, 0.15) is 17.5 Å². The molecule has 0 heterocycles. The number of methoxy groups -OCH3 is 2. The Balaban J connectivity index is 3.18. The molecule has 0 atom stereocenters. The van der Waals surface area contributed by atoms with Crippen molar-refractivity contribution >= 4 is 11.6 Å². The Morgan fingerprint density at radius 1 is 1.31 bits per heavy atom. The smallest absolute Gasteiger partial charge is 0.141 e. The SMILES string of the molecule is COc1cc(CCCO)c(OC)c(Cl)c1C. The second-order valence-corrected chi connectivity index (χ2v) is 3.92. The number of hydrogen-bond donors (Lipinski definition) is 1. The van der Waals surface area contributed by atoms with Crippen LogP contribution in [0.5, 0.6) is 11.5 Å². The molecule has 4 heteroatoms. The molecule has 1 rings (SSSR count). The minimum Gasteiger partial charge on any atom is -0.496 e. The lowest BCUT2D eigenvalue weighted by atomic mass is 10.1. The molecule has 0 aliphatic carbocycles. The summed E-state index contributed by atoms with van der Waals surface area (Å²) in [5.74, 6) is 1.42. The number of aryl methyl sites for hydroxylation is 1. The van der Waals surface area contributed by atoms with Crippen LogP contribution in [0.4, 0.5) is 0 Å². The fraction of sp³-hybridized carbons (Fsp3) is 0.500. The predicted octanol–water partition coefficient (Wildman–Crippen LogP) is 2.59. The number of aliphatic hydroxyl groups excluding tert-OH is 1. The van der Waals surface area contributed by atoms with Gasteiger partial charge in [-0.3, -0.25) is 0 Å². The second kappa shape index (κ2) is 5.97. The van der Waals surface area contributed by atoms with Gasteiger partial charge in [0.1, 0.15) is 11.5 Å². The monoisotopic (exact) mass is 244 g/mol. The van der Waals surface area contributed by atoms with E-state index in [1.165, 1.54) is 0 Å². The van der Waals surface area contributed by atoms with E-state index in [-0.39, 0.29) is 6.61 Å². The molecule has 0 saturated carbocycles. The average Bonchev–Trinajstić information content (AvgIpc) is 2.30. The van der Waals surface area contributed by atoms with Crippen molar-refractivity contribution in [3.05, 3.63) is 22.2 Å². The van der Waals surface area contributed by atoms with E-state index < -0.39 is 0 Å². The van der Waals surface area contributed by atoms with Crippen LogP contribution in [-0.4, -0.2) is 25.9 Å². The van der Waals surface area contributed by atoms with Crippen LogP contribution in [0.15, 0.2) is 6.07 Å². The summed E-state index contributed by atoms with van der Waals surface area (Å²) in [5.41, 5.74) is 1.83. The Morgan fingerprint density at radius 2 is 2.00 bits per heavy atom. The Hall–Kier alpha value is -0.930. The Kier molecular flexibility index (Phi) is 4.90. The van der Waals surface area contributed by atoms with Gasteiger partial charge in [-0.2, -0.15) is 0 Å². The van der Waals surface area contributed by atoms with Gasteiger partial charge in [0, 0.05) is 12.2 Å². The maximum Gasteiger partial charge on any atom is 0.141 e. The summed E-state index contributed by atoms with van der Waals surface area (Å²) in [4.78, 5) is 0. The highest BCUT2D eigenvalue weighted by molar-refractivity contribution is 6.33. The molecule has 1 aromatic carbocycles. The van der Waals surface area contributed by atoms with E-state index >= 15 is 0 Å². The zero-order valence-corrected chi connectivity index (χ0v) is 10.6. The van der Waals surface area contributed by atoms with Crippen molar-refractivity contribution in [1.82, 2.24) is 0 Å². The number of rotatable bonds is 5. The highest BCUT2D eigenvalue weighted by Crippen LogP contribution is 2.38. The maximum absolute atomic E-state index is 8.84. The van der Waals surface area contributed by atoms with Crippen LogP contribution in [0.25, 0.3) is 0 Å². The van der Waals surface area contributed by atoms with Gasteiger partial charge in [-0.15, -0.1) is 0 Å². The molecule has 90 valence electrons. The molecule has 3 nitrogen and oxygen atoms in total. The van der Waals surface area contributed by atoms with Gasteiger partial charge in [-0.05, 0) is 31.4 Å². The summed E-state index contributed by atoms with van der Waals surface area (Å²) >= 11 is 6.19. The largest absolute Gasteiger partial charge is 0.496 e. The van der Waals surface area contributed by atoms with Crippen LogP contribution in [-0.2, 0) is 6.42 Å². The molecule has 0 bridgehead atoms. The summed E-state index contributed by atoms with van der Waals surface area (Å²) in [5, 5.41) is 9.42. The molecule has 0 aromatic heterocycles. The van der Waals surface area contributed by atoms with Gasteiger partial charge in [-0.25, -0.2) is 0 Å². The first kappa shape index (κ1) is 13.1. The van der Waals surface area contributed by atoms with Crippen LogP contribution in [0, 0.1) is 6.92 Å². The van der Waals surface area contributed by atoms with Crippen molar-refractivity contribution in [3.8, 4) is 11.5 Å². The van der Waals surface area contributed by atoms with Gasteiger partial charge in [-0.1, -0.05) is 11.6 Å². The first-order chi connectivity index (χ1) is 7.65.